The van der Waals surface area contributed by atoms with Gasteiger partial charge in [-0.3, -0.25) is 0 Å². The maximum absolute atomic E-state index is 14.1. The van der Waals surface area contributed by atoms with Gasteiger partial charge in [-0.05, 0) is 36.4 Å². The van der Waals surface area contributed by atoms with Gasteiger partial charge >= 0.3 is 5.97 Å². The monoisotopic (exact) mass is 443 g/mol. The normalized spacial score (nSPS) is 15.6. The predicted molar refractivity (Wildman–Crippen MR) is 108 cm³/mol. The van der Waals surface area contributed by atoms with E-state index < -0.39 is 28.1 Å². The van der Waals surface area contributed by atoms with Gasteiger partial charge in [-0.1, -0.05) is 30.3 Å². The van der Waals surface area contributed by atoms with E-state index in [1.165, 1.54) is 36.4 Å². The largest absolute Gasteiger partial charge is 0.460 e. The van der Waals surface area contributed by atoms with E-state index in [-0.39, 0.29) is 23.7 Å². The fourth-order valence-corrected chi connectivity index (χ4v) is 3.68. The number of halogens is 1. The molecule has 3 aromatic carbocycles. The number of hydrogen-bond acceptors (Lipinski definition) is 6. The van der Waals surface area contributed by atoms with Crippen LogP contribution < -0.4 is 9.88 Å². The van der Waals surface area contributed by atoms with Gasteiger partial charge in [0.2, 0.25) is 16.3 Å². The molecule has 1 heterocycles. The van der Waals surface area contributed by atoms with Crippen molar-refractivity contribution in [1.82, 2.24) is 0 Å². The van der Waals surface area contributed by atoms with Crippen LogP contribution in [0.4, 0.5) is 4.39 Å². The molecule has 0 spiro atoms. The molecule has 0 fully saturated rings. The number of nitrogens with two attached hydrogens (primary N) is 1. The summed E-state index contributed by atoms with van der Waals surface area (Å²) in [4.78, 5) is 12.2. The summed E-state index contributed by atoms with van der Waals surface area (Å²) in [6.45, 7) is -0.0972. The van der Waals surface area contributed by atoms with Crippen LogP contribution in [0.5, 0.6) is 5.75 Å². The Kier molecular flexibility index (Phi) is 5.73. The minimum atomic E-state index is -3.87. The maximum Gasteiger partial charge on any atom is 0.338 e. The first-order valence-corrected chi connectivity index (χ1v) is 10.8. The first kappa shape index (κ1) is 21.0. The molecular formula is C22H18FNO6S. The summed E-state index contributed by atoms with van der Waals surface area (Å²) >= 11 is 0. The standard InChI is InChI=1S/C22H18FNO6S/c23-18-10-16(12-28-21(25)14-6-8-19(9-7-14)31(24,26)27)20-17(11-18)13-29-22(30-20)15-4-2-1-3-5-15/h1-11,22H,12-13H2,(H2,24,26,27)/t22-/m0/s1. The first-order chi connectivity index (χ1) is 14.8. The third-order valence-corrected chi connectivity index (χ3v) is 5.60. The van der Waals surface area contributed by atoms with Gasteiger partial charge in [-0.15, -0.1) is 0 Å². The van der Waals surface area contributed by atoms with E-state index >= 15 is 0 Å². The van der Waals surface area contributed by atoms with Crippen molar-refractivity contribution in [3.63, 3.8) is 0 Å². The lowest BCUT2D eigenvalue weighted by molar-refractivity contribution is -0.112. The van der Waals surface area contributed by atoms with Gasteiger partial charge in [-0.2, -0.15) is 0 Å². The molecule has 0 unspecified atom stereocenters. The molecule has 0 bridgehead atoms. The van der Waals surface area contributed by atoms with Crippen LogP contribution in [0.3, 0.4) is 0 Å². The van der Waals surface area contributed by atoms with Crippen LogP contribution in [0.2, 0.25) is 0 Å². The Labute approximate surface area is 178 Å². The van der Waals surface area contributed by atoms with Crippen molar-refractivity contribution >= 4 is 16.0 Å². The second-order valence-electron chi connectivity index (χ2n) is 6.87. The Balaban J connectivity index is 1.52. The number of fused-ring (bicyclic) bond motifs is 1. The SMILES string of the molecule is NS(=O)(=O)c1ccc(C(=O)OCc2cc(F)cc3c2O[C@@H](c2ccccc2)OC3)cc1. The average molecular weight is 443 g/mol. The summed E-state index contributed by atoms with van der Waals surface area (Å²) in [5, 5.41) is 5.05. The van der Waals surface area contributed by atoms with Crippen LogP contribution in [0.25, 0.3) is 0 Å². The highest BCUT2D eigenvalue weighted by Gasteiger charge is 2.25. The highest BCUT2D eigenvalue weighted by Crippen LogP contribution is 2.36. The fraction of sp³-hybridized carbons (Fsp3) is 0.136. The summed E-state index contributed by atoms with van der Waals surface area (Å²) in [5.74, 6) is -0.808. The Morgan fingerprint density at radius 2 is 1.81 bits per heavy atom. The van der Waals surface area contributed by atoms with Crippen molar-refractivity contribution in [2.24, 2.45) is 5.14 Å². The predicted octanol–water partition coefficient (Wildman–Crippen LogP) is 3.44. The number of primary sulfonamides is 1. The quantitative estimate of drug-likeness (QED) is 0.606. The van der Waals surface area contributed by atoms with Crippen molar-refractivity contribution in [2.75, 3.05) is 0 Å². The van der Waals surface area contributed by atoms with Crippen LogP contribution in [0.1, 0.15) is 33.3 Å². The van der Waals surface area contributed by atoms with E-state index in [2.05, 4.69) is 0 Å². The third-order valence-electron chi connectivity index (χ3n) is 4.67. The second kappa shape index (κ2) is 8.46. The van der Waals surface area contributed by atoms with Crippen LogP contribution in [0.15, 0.2) is 71.6 Å². The number of carbonyl (C=O) groups is 1. The van der Waals surface area contributed by atoms with Crippen molar-refractivity contribution < 1.29 is 31.8 Å². The van der Waals surface area contributed by atoms with Gasteiger partial charge < -0.3 is 14.2 Å². The molecule has 4 rings (SSSR count). The lowest BCUT2D eigenvalue weighted by atomic mass is 10.1. The summed E-state index contributed by atoms with van der Waals surface area (Å²) in [5.41, 5.74) is 1.80. The van der Waals surface area contributed by atoms with Gasteiger partial charge in [0.15, 0.2) is 0 Å². The number of benzene rings is 3. The number of hydrogen-bond donors (Lipinski definition) is 1. The van der Waals surface area contributed by atoms with Crippen molar-refractivity contribution in [3.05, 3.63) is 94.8 Å². The van der Waals surface area contributed by atoms with Crippen LogP contribution in [-0.4, -0.2) is 14.4 Å². The number of rotatable bonds is 5. The number of ether oxygens (including phenoxy) is 3. The molecule has 1 aliphatic heterocycles. The first-order valence-electron chi connectivity index (χ1n) is 9.26. The molecule has 160 valence electrons. The molecule has 0 saturated heterocycles. The van der Waals surface area contributed by atoms with Gasteiger partial charge in [0.1, 0.15) is 18.2 Å². The molecule has 0 radical (unpaired) electrons. The molecule has 9 heteroatoms. The molecule has 7 nitrogen and oxygen atoms in total. The highest BCUT2D eigenvalue weighted by molar-refractivity contribution is 7.89. The number of carbonyl (C=O) groups excluding carboxylic acids is 1. The zero-order chi connectivity index (χ0) is 22.0. The molecule has 1 aliphatic rings. The van der Waals surface area contributed by atoms with Crippen LogP contribution in [0, 0.1) is 5.82 Å². The van der Waals surface area contributed by atoms with E-state index in [1.807, 2.05) is 30.3 Å². The maximum atomic E-state index is 14.1. The zero-order valence-electron chi connectivity index (χ0n) is 16.2. The van der Waals surface area contributed by atoms with E-state index in [4.69, 9.17) is 19.3 Å². The number of esters is 1. The topological polar surface area (TPSA) is 105 Å². The molecule has 31 heavy (non-hydrogen) atoms. The van der Waals surface area contributed by atoms with Gasteiger partial charge in [-0.25, -0.2) is 22.7 Å². The third kappa shape index (κ3) is 4.74. The Morgan fingerprint density at radius 3 is 2.48 bits per heavy atom. The van der Waals surface area contributed by atoms with E-state index in [1.54, 1.807) is 0 Å². The second-order valence-corrected chi connectivity index (χ2v) is 8.43. The molecular weight excluding hydrogens is 425 g/mol. The van der Waals surface area contributed by atoms with Crippen molar-refractivity contribution in [3.8, 4) is 5.75 Å². The minimum Gasteiger partial charge on any atom is -0.460 e. The molecule has 0 aromatic heterocycles. The summed E-state index contributed by atoms with van der Waals surface area (Å²) in [7, 11) is -3.87. The van der Waals surface area contributed by atoms with Crippen LogP contribution >= 0.6 is 0 Å². The molecule has 2 N–H and O–H groups in total. The zero-order valence-corrected chi connectivity index (χ0v) is 17.0. The number of sulfonamides is 1. The summed E-state index contributed by atoms with van der Waals surface area (Å²) < 4.78 is 53.6. The minimum absolute atomic E-state index is 0.122. The molecule has 0 amide bonds. The van der Waals surface area contributed by atoms with Gasteiger partial charge in [0.25, 0.3) is 0 Å². The Morgan fingerprint density at radius 1 is 1.10 bits per heavy atom. The van der Waals surface area contributed by atoms with Gasteiger partial charge in [0, 0.05) is 16.7 Å². The van der Waals surface area contributed by atoms with E-state index in [0.29, 0.717) is 16.9 Å². The summed E-state index contributed by atoms with van der Waals surface area (Å²) in [6, 6.07) is 16.8. The Hall–Kier alpha value is -3.27. The molecule has 0 saturated carbocycles. The van der Waals surface area contributed by atoms with Crippen molar-refractivity contribution in [1.29, 1.82) is 0 Å². The lowest BCUT2D eigenvalue weighted by Gasteiger charge is -2.28. The van der Waals surface area contributed by atoms with Gasteiger partial charge in [0.05, 0.1) is 17.1 Å². The van der Waals surface area contributed by atoms with E-state index in [9.17, 15) is 17.6 Å². The van der Waals surface area contributed by atoms with E-state index in [0.717, 1.165) is 5.56 Å². The smallest absolute Gasteiger partial charge is 0.338 e. The van der Waals surface area contributed by atoms with Crippen LogP contribution in [-0.2, 0) is 32.7 Å². The summed E-state index contributed by atoms with van der Waals surface area (Å²) in [6.07, 6.45) is -0.667. The van der Waals surface area contributed by atoms with Crippen molar-refractivity contribution in [2.45, 2.75) is 24.4 Å². The Bertz CT molecular complexity index is 1210. The molecule has 0 aliphatic carbocycles. The molecule has 3 aromatic rings. The molecule has 1 atom stereocenters. The highest BCUT2D eigenvalue weighted by atomic mass is 32.2. The fourth-order valence-electron chi connectivity index (χ4n) is 3.17. The average Bonchev–Trinajstić information content (AvgIpc) is 2.77. The lowest BCUT2D eigenvalue weighted by Crippen LogP contribution is -2.20.